The van der Waals surface area contributed by atoms with Crippen molar-refractivity contribution in [1.29, 1.82) is 0 Å². The largest absolute Gasteiger partial charge is 0.314 e. The SMILES string of the molecule is C=C(C)C(=O)C(=C)N(/C=C\C)c1cc(C(C)(C)C)cc(C2(C)CC2)c1. The fourth-order valence-electron chi connectivity index (χ4n) is 2.84. The Morgan fingerprint density at radius 1 is 1.20 bits per heavy atom. The molecule has 0 saturated heterocycles. The summed E-state index contributed by atoms with van der Waals surface area (Å²) in [6.45, 7) is 20.5. The molecule has 2 heteroatoms. The van der Waals surface area contributed by atoms with E-state index < -0.39 is 0 Å². The Balaban J connectivity index is 2.59. The molecule has 1 saturated carbocycles. The van der Waals surface area contributed by atoms with Crippen molar-refractivity contribution in [2.24, 2.45) is 0 Å². The molecule has 0 bridgehead atoms. The molecule has 1 aliphatic rings. The molecule has 25 heavy (non-hydrogen) atoms. The number of hydrogen-bond acceptors (Lipinski definition) is 2. The first kappa shape index (κ1) is 19.2. The number of Topliss-reactive ketones (excluding diaryl/α,β-unsaturated/α-hetero) is 1. The molecule has 0 heterocycles. The minimum atomic E-state index is -0.113. The van der Waals surface area contributed by atoms with Gasteiger partial charge in [0.05, 0.1) is 5.70 Å². The summed E-state index contributed by atoms with van der Waals surface area (Å²) in [6.07, 6.45) is 6.27. The van der Waals surface area contributed by atoms with Gasteiger partial charge in [-0.25, -0.2) is 0 Å². The van der Waals surface area contributed by atoms with E-state index in [4.69, 9.17) is 0 Å². The average molecular weight is 338 g/mol. The van der Waals surface area contributed by atoms with Crippen molar-refractivity contribution in [2.75, 3.05) is 4.90 Å². The summed E-state index contributed by atoms with van der Waals surface area (Å²) in [7, 11) is 0. The van der Waals surface area contributed by atoms with Gasteiger partial charge in [-0.05, 0) is 66.4 Å². The molecule has 1 aliphatic carbocycles. The van der Waals surface area contributed by atoms with Crippen LogP contribution in [0.25, 0.3) is 0 Å². The van der Waals surface area contributed by atoms with Crippen LogP contribution in [0, 0.1) is 0 Å². The van der Waals surface area contributed by atoms with E-state index in [0.29, 0.717) is 11.3 Å². The van der Waals surface area contributed by atoms with E-state index in [2.05, 4.69) is 59.1 Å². The Labute approximate surface area is 152 Å². The second-order valence-electron chi connectivity index (χ2n) is 8.49. The van der Waals surface area contributed by atoms with Gasteiger partial charge in [0.15, 0.2) is 0 Å². The second kappa shape index (κ2) is 6.67. The average Bonchev–Trinajstić information content (AvgIpc) is 3.29. The maximum Gasteiger partial charge on any atom is 0.204 e. The molecule has 2 nitrogen and oxygen atoms in total. The summed E-state index contributed by atoms with van der Waals surface area (Å²) in [4.78, 5) is 14.3. The molecule has 0 aliphatic heterocycles. The monoisotopic (exact) mass is 337 g/mol. The zero-order valence-corrected chi connectivity index (χ0v) is 16.6. The molecule has 0 aromatic heterocycles. The first-order chi connectivity index (χ1) is 11.5. The van der Waals surface area contributed by atoms with Crippen molar-refractivity contribution in [3.05, 3.63) is 66.0 Å². The molecule has 1 aromatic carbocycles. The van der Waals surface area contributed by atoms with Gasteiger partial charge in [-0.2, -0.15) is 0 Å². The minimum Gasteiger partial charge on any atom is -0.314 e. The van der Waals surface area contributed by atoms with Gasteiger partial charge in [-0.1, -0.05) is 53.0 Å². The van der Waals surface area contributed by atoms with Gasteiger partial charge in [-0.3, -0.25) is 4.79 Å². The highest BCUT2D eigenvalue weighted by molar-refractivity contribution is 6.09. The standard InChI is InChI=1S/C23H31NO/c1-9-12-24(17(4)21(25)16(2)3)20-14-18(22(5,6)7)13-19(15-20)23(8)10-11-23/h9,12-15H,2,4,10-11H2,1,3,5-8H3/b12-9-. The van der Waals surface area contributed by atoms with Crippen LogP contribution in [-0.2, 0) is 15.6 Å². The number of allylic oxidation sites excluding steroid dienone is 2. The molecular formula is C23H31NO. The second-order valence-corrected chi connectivity index (χ2v) is 8.49. The maximum atomic E-state index is 12.4. The van der Waals surface area contributed by atoms with E-state index in [9.17, 15) is 4.79 Å². The summed E-state index contributed by atoms with van der Waals surface area (Å²) in [5.41, 5.74) is 4.85. The van der Waals surface area contributed by atoms with Crippen LogP contribution in [-0.4, -0.2) is 5.78 Å². The van der Waals surface area contributed by atoms with E-state index >= 15 is 0 Å². The molecule has 0 spiro atoms. The third kappa shape index (κ3) is 4.12. The Morgan fingerprint density at radius 2 is 1.80 bits per heavy atom. The fraction of sp³-hybridized carbons (Fsp3) is 0.435. The number of benzene rings is 1. The van der Waals surface area contributed by atoms with Crippen molar-refractivity contribution in [3.63, 3.8) is 0 Å². The van der Waals surface area contributed by atoms with Gasteiger partial charge in [0, 0.05) is 11.9 Å². The summed E-state index contributed by atoms with van der Waals surface area (Å²) in [5, 5.41) is 0. The van der Waals surface area contributed by atoms with Gasteiger partial charge in [-0.15, -0.1) is 0 Å². The number of nitrogens with zero attached hydrogens (tertiary/aromatic N) is 1. The molecule has 1 fully saturated rings. The predicted molar refractivity (Wildman–Crippen MR) is 108 cm³/mol. The third-order valence-corrected chi connectivity index (χ3v) is 5.00. The Bertz CT molecular complexity index is 718. The highest BCUT2D eigenvalue weighted by Gasteiger charge is 2.40. The lowest BCUT2D eigenvalue weighted by molar-refractivity contribution is -0.112. The zero-order chi connectivity index (χ0) is 19.0. The fourth-order valence-corrected chi connectivity index (χ4v) is 2.84. The number of anilines is 1. The van der Waals surface area contributed by atoms with E-state index in [1.165, 1.54) is 24.0 Å². The van der Waals surface area contributed by atoms with Gasteiger partial charge < -0.3 is 4.90 Å². The Hall–Kier alpha value is -2.09. The first-order valence-electron chi connectivity index (χ1n) is 8.97. The highest BCUT2D eigenvalue weighted by Crippen LogP contribution is 2.49. The van der Waals surface area contributed by atoms with Gasteiger partial charge in [0.25, 0.3) is 0 Å². The van der Waals surface area contributed by atoms with E-state index in [1.54, 1.807) is 6.92 Å². The van der Waals surface area contributed by atoms with E-state index in [-0.39, 0.29) is 16.6 Å². The lowest BCUT2D eigenvalue weighted by Crippen LogP contribution is -2.23. The molecular weight excluding hydrogens is 306 g/mol. The summed E-state index contributed by atoms with van der Waals surface area (Å²) >= 11 is 0. The van der Waals surface area contributed by atoms with Crippen molar-refractivity contribution in [3.8, 4) is 0 Å². The molecule has 0 atom stereocenters. The third-order valence-electron chi connectivity index (χ3n) is 5.00. The topological polar surface area (TPSA) is 20.3 Å². The number of rotatable bonds is 6. The van der Waals surface area contributed by atoms with Crippen LogP contribution in [0.3, 0.4) is 0 Å². The van der Waals surface area contributed by atoms with Gasteiger partial charge in [0.1, 0.15) is 0 Å². The predicted octanol–water partition coefficient (Wildman–Crippen LogP) is 6.03. The van der Waals surface area contributed by atoms with Crippen LogP contribution in [0.15, 0.2) is 54.9 Å². The van der Waals surface area contributed by atoms with Crippen LogP contribution in [0.4, 0.5) is 5.69 Å². The smallest absolute Gasteiger partial charge is 0.204 e. The molecule has 2 rings (SSSR count). The minimum absolute atomic E-state index is 0.0390. The number of hydrogen-bond donors (Lipinski definition) is 0. The van der Waals surface area contributed by atoms with Crippen LogP contribution >= 0.6 is 0 Å². The Kier molecular flexibility index (Phi) is 5.13. The molecule has 1 aromatic rings. The van der Waals surface area contributed by atoms with Crippen LogP contribution in [0.5, 0.6) is 0 Å². The summed E-state index contributed by atoms with van der Waals surface area (Å²) < 4.78 is 0. The maximum absolute atomic E-state index is 12.4. The summed E-state index contributed by atoms with van der Waals surface area (Å²) in [5.74, 6) is -0.113. The van der Waals surface area contributed by atoms with Crippen molar-refractivity contribution in [1.82, 2.24) is 0 Å². The van der Waals surface area contributed by atoms with Gasteiger partial charge >= 0.3 is 0 Å². The number of ketones is 1. The molecule has 0 radical (unpaired) electrons. The molecule has 0 amide bonds. The van der Waals surface area contributed by atoms with E-state index in [0.717, 1.165) is 5.69 Å². The molecule has 134 valence electrons. The first-order valence-corrected chi connectivity index (χ1v) is 8.97. The van der Waals surface area contributed by atoms with Crippen molar-refractivity contribution >= 4 is 11.5 Å². The van der Waals surface area contributed by atoms with Gasteiger partial charge in [0.2, 0.25) is 5.78 Å². The van der Waals surface area contributed by atoms with Crippen LogP contribution in [0.1, 0.15) is 65.5 Å². The molecule has 0 unspecified atom stereocenters. The zero-order valence-electron chi connectivity index (χ0n) is 16.6. The van der Waals surface area contributed by atoms with Crippen LogP contribution in [0.2, 0.25) is 0 Å². The highest BCUT2D eigenvalue weighted by atomic mass is 16.1. The summed E-state index contributed by atoms with van der Waals surface area (Å²) in [6, 6.07) is 6.71. The number of carbonyl (C=O) groups excluding carboxylic acids is 1. The lowest BCUT2D eigenvalue weighted by Gasteiger charge is -2.28. The van der Waals surface area contributed by atoms with Crippen molar-refractivity contribution < 1.29 is 4.79 Å². The normalized spacial score (nSPS) is 15.9. The van der Waals surface area contributed by atoms with Crippen molar-refractivity contribution in [2.45, 2.75) is 65.2 Å². The van der Waals surface area contributed by atoms with E-state index in [1.807, 2.05) is 24.1 Å². The number of carbonyl (C=O) groups is 1. The van der Waals surface area contributed by atoms with Crippen LogP contribution < -0.4 is 4.90 Å². The Morgan fingerprint density at radius 3 is 2.24 bits per heavy atom. The lowest BCUT2D eigenvalue weighted by atomic mass is 9.83. The quantitative estimate of drug-likeness (QED) is 0.590. The molecule has 0 N–H and O–H groups in total.